The summed E-state index contributed by atoms with van der Waals surface area (Å²) < 4.78 is 29.9. The molecule has 3 heterocycles. The lowest BCUT2D eigenvalue weighted by molar-refractivity contribution is 0.0691. The summed E-state index contributed by atoms with van der Waals surface area (Å²) >= 11 is 6.56. The lowest BCUT2D eigenvalue weighted by Gasteiger charge is -2.33. The molecule has 9 nitrogen and oxygen atoms in total. The maximum atomic E-state index is 12.9. The van der Waals surface area contributed by atoms with Crippen molar-refractivity contribution in [3.63, 3.8) is 0 Å². The maximum absolute atomic E-state index is 12.9. The van der Waals surface area contributed by atoms with Gasteiger partial charge in [0.15, 0.2) is 5.69 Å². The first-order valence-electron chi connectivity index (χ1n) is 7.98. The summed E-state index contributed by atoms with van der Waals surface area (Å²) in [5.74, 6) is -0.245. The van der Waals surface area contributed by atoms with E-state index in [4.69, 9.17) is 0 Å². The fraction of sp³-hybridized carbons (Fsp3) is 0.500. The zero-order valence-electron chi connectivity index (χ0n) is 14.2. The van der Waals surface area contributed by atoms with Crippen molar-refractivity contribution >= 4 is 47.8 Å². The van der Waals surface area contributed by atoms with Crippen molar-refractivity contribution in [2.24, 2.45) is 0 Å². The summed E-state index contributed by atoms with van der Waals surface area (Å²) in [5, 5.41) is 10.9. The second-order valence-electron chi connectivity index (χ2n) is 5.83. The molecule has 0 atom stereocenters. The number of amides is 1. The number of rotatable bonds is 4. The van der Waals surface area contributed by atoms with Crippen molar-refractivity contribution in [3.8, 4) is 0 Å². The van der Waals surface area contributed by atoms with E-state index >= 15 is 0 Å². The van der Waals surface area contributed by atoms with Gasteiger partial charge in [0, 0.05) is 38.9 Å². The number of H-pyrrole nitrogens is 1. The number of aryl methyl sites for hydroxylation is 2. The fourth-order valence-electron chi connectivity index (χ4n) is 2.78. The number of carbonyl (C=O) groups is 1. The highest BCUT2D eigenvalue weighted by atomic mass is 79.9. The molecule has 0 aromatic carbocycles. The Hall–Kier alpha value is -1.24. The lowest BCUT2D eigenvalue weighted by Crippen LogP contribution is -2.50. The molecule has 2 aromatic heterocycles. The molecule has 1 N–H and O–H groups in total. The number of halogens is 2. The van der Waals surface area contributed by atoms with Gasteiger partial charge in [0.25, 0.3) is 5.91 Å². The third kappa shape index (κ3) is 3.47. The third-order valence-electron chi connectivity index (χ3n) is 4.24. The van der Waals surface area contributed by atoms with Gasteiger partial charge in [-0.1, -0.05) is 0 Å². The van der Waals surface area contributed by atoms with Gasteiger partial charge >= 0.3 is 0 Å². The number of carbonyl (C=O) groups excluding carboxylic acids is 1. The number of sulfonamides is 1. The average Bonchev–Trinajstić information content (AvgIpc) is 3.17. The van der Waals surface area contributed by atoms with Crippen LogP contribution in [0.5, 0.6) is 0 Å². The van der Waals surface area contributed by atoms with Gasteiger partial charge in [0.05, 0.1) is 10.2 Å². The predicted molar refractivity (Wildman–Crippen MR) is 101 cm³/mol. The van der Waals surface area contributed by atoms with Crippen molar-refractivity contribution in [2.45, 2.75) is 25.3 Å². The van der Waals surface area contributed by atoms with Crippen molar-refractivity contribution < 1.29 is 13.2 Å². The highest BCUT2D eigenvalue weighted by Crippen LogP contribution is 2.26. The van der Waals surface area contributed by atoms with Crippen LogP contribution in [0.25, 0.3) is 0 Å². The molecule has 26 heavy (non-hydrogen) atoms. The zero-order valence-corrected chi connectivity index (χ0v) is 18.2. The molecule has 0 saturated carbocycles. The third-order valence-corrected chi connectivity index (χ3v) is 8.12. The number of aromatic amines is 1. The van der Waals surface area contributed by atoms with E-state index in [0.29, 0.717) is 34.4 Å². The molecule has 1 saturated heterocycles. The van der Waals surface area contributed by atoms with Gasteiger partial charge in [0.2, 0.25) is 10.0 Å². The van der Waals surface area contributed by atoms with Crippen LogP contribution in [0.15, 0.2) is 20.2 Å². The first-order chi connectivity index (χ1) is 12.3. The Bertz CT molecular complexity index is 931. The molecule has 3 rings (SSSR count). The Labute approximate surface area is 168 Å². The Morgan fingerprint density at radius 3 is 2.42 bits per heavy atom. The average molecular weight is 510 g/mol. The first kappa shape index (κ1) is 19.5. The molecular formula is C14H18Br2N6O3S. The van der Waals surface area contributed by atoms with Gasteiger partial charge in [-0.15, -0.1) is 0 Å². The maximum Gasteiger partial charge on any atom is 0.275 e. The number of aromatic nitrogens is 4. The quantitative estimate of drug-likeness (QED) is 0.674. The number of nitrogens with zero attached hydrogens (tertiary/aromatic N) is 5. The van der Waals surface area contributed by atoms with Gasteiger partial charge in [-0.2, -0.15) is 14.5 Å². The molecule has 0 aliphatic carbocycles. The normalized spacial score (nSPS) is 16.2. The summed E-state index contributed by atoms with van der Waals surface area (Å²) in [4.78, 5) is 14.4. The molecule has 1 aliphatic rings. The van der Waals surface area contributed by atoms with E-state index in [9.17, 15) is 13.2 Å². The van der Waals surface area contributed by atoms with Crippen LogP contribution in [0.4, 0.5) is 0 Å². The fourth-order valence-corrected chi connectivity index (χ4v) is 5.00. The first-order valence-corrected chi connectivity index (χ1v) is 11.0. The number of piperazine rings is 1. The smallest absolute Gasteiger partial charge is 0.275 e. The van der Waals surface area contributed by atoms with Gasteiger partial charge < -0.3 is 4.90 Å². The minimum Gasteiger partial charge on any atom is -0.335 e. The summed E-state index contributed by atoms with van der Waals surface area (Å²) in [7, 11) is -3.63. The van der Waals surface area contributed by atoms with E-state index < -0.39 is 10.0 Å². The van der Waals surface area contributed by atoms with E-state index in [0.717, 1.165) is 0 Å². The molecule has 1 amide bonds. The van der Waals surface area contributed by atoms with Crippen molar-refractivity contribution in [1.82, 2.24) is 29.2 Å². The number of hydrogen-bond acceptors (Lipinski definition) is 5. The van der Waals surface area contributed by atoms with Crippen LogP contribution < -0.4 is 0 Å². The Morgan fingerprint density at radius 2 is 1.92 bits per heavy atom. The van der Waals surface area contributed by atoms with Crippen LogP contribution in [-0.2, 0) is 16.6 Å². The predicted octanol–water partition coefficient (Wildman–Crippen LogP) is 1.61. The second kappa shape index (κ2) is 7.41. The largest absolute Gasteiger partial charge is 0.335 e. The minimum atomic E-state index is -3.63. The zero-order chi connectivity index (χ0) is 19.1. The Kier molecular flexibility index (Phi) is 5.56. The SMILES string of the molecule is CCn1cc(S(=O)(=O)N2CCN(C(=O)c3n[nH]c(Br)c3Br)CC2)c(C)n1. The number of hydrogen-bond donors (Lipinski definition) is 1. The van der Waals surface area contributed by atoms with Crippen LogP contribution in [0.1, 0.15) is 23.1 Å². The highest BCUT2D eigenvalue weighted by Gasteiger charge is 2.33. The molecule has 142 valence electrons. The summed E-state index contributed by atoms with van der Waals surface area (Å²) in [6.07, 6.45) is 1.56. The summed E-state index contributed by atoms with van der Waals surface area (Å²) in [6.45, 7) is 5.26. The van der Waals surface area contributed by atoms with Crippen LogP contribution in [0, 0.1) is 6.92 Å². The summed E-state index contributed by atoms with van der Waals surface area (Å²) in [5.41, 5.74) is 0.754. The lowest BCUT2D eigenvalue weighted by atomic mass is 10.3. The topological polar surface area (TPSA) is 104 Å². The van der Waals surface area contributed by atoms with Crippen LogP contribution >= 0.6 is 31.9 Å². The molecule has 0 bridgehead atoms. The van der Waals surface area contributed by atoms with Gasteiger partial charge in [0.1, 0.15) is 9.50 Å². The van der Waals surface area contributed by atoms with E-state index in [2.05, 4.69) is 47.2 Å². The number of nitrogens with one attached hydrogen (secondary N) is 1. The molecule has 1 aliphatic heterocycles. The van der Waals surface area contributed by atoms with E-state index in [-0.39, 0.29) is 29.6 Å². The molecule has 0 radical (unpaired) electrons. The molecule has 0 unspecified atom stereocenters. The van der Waals surface area contributed by atoms with E-state index in [1.807, 2.05) is 6.92 Å². The monoisotopic (exact) mass is 508 g/mol. The molecule has 2 aromatic rings. The highest BCUT2D eigenvalue weighted by molar-refractivity contribution is 9.13. The second-order valence-corrected chi connectivity index (χ2v) is 9.32. The molecule has 1 fully saturated rings. The van der Waals surface area contributed by atoms with E-state index in [1.54, 1.807) is 22.7 Å². The van der Waals surface area contributed by atoms with Crippen molar-refractivity contribution in [1.29, 1.82) is 0 Å². The van der Waals surface area contributed by atoms with Crippen LogP contribution in [-0.4, -0.2) is 69.7 Å². The van der Waals surface area contributed by atoms with Gasteiger partial charge in [-0.3, -0.25) is 14.6 Å². The molecular weight excluding hydrogens is 492 g/mol. The van der Waals surface area contributed by atoms with Gasteiger partial charge in [-0.25, -0.2) is 8.42 Å². The van der Waals surface area contributed by atoms with Crippen molar-refractivity contribution in [2.75, 3.05) is 26.2 Å². The molecule has 0 spiro atoms. The Morgan fingerprint density at radius 1 is 1.27 bits per heavy atom. The van der Waals surface area contributed by atoms with E-state index in [1.165, 1.54) is 4.31 Å². The Balaban J connectivity index is 1.72. The summed E-state index contributed by atoms with van der Waals surface area (Å²) in [6, 6.07) is 0. The van der Waals surface area contributed by atoms with Crippen molar-refractivity contribution in [3.05, 3.63) is 26.7 Å². The molecule has 12 heteroatoms. The van der Waals surface area contributed by atoms with Gasteiger partial charge in [-0.05, 0) is 45.7 Å². The minimum absolute atomic E-state index is 0.220. The van der Waals surface area contributed by atoms with Crippen LogP contribution in [0.3, 0.4) is 0 Å². The standard InChI is InChI=1S/C14H18Br2N6O3S/c1-3-21-8-10(9(2)19-21)26(24,25)22-6-4-20(5-7-22)14(23)12-11(15)13(16)18-17-12/h8H,3-7H2,1-2H3,(H,17,18). The van der Waals surface area contributed by atoms with Crippen LogP contribution in [0.2, 0.25) is 0 Å².